The van der Waals surface area contributed by atoms with Gasteiger partial charge in [-0.15, -0.1) is 0 Å². The van der Waals surface area contributed by atoms with Crippen molar-refractivity contribution in [2.24, 2.45) is 5.92 Å². The molecule has 3 nitrogen and oxygen atoms in total. The Labute approximate surface area is 95.8 Å². The highest BCUT2D eigenvalue weighted by Gasteiger charge is 2.26. The van der Waals surface area contributed by atoms with Crippen molar-refractivity contribution in [1.82, 2.24) is 0 Å². The maximum Gasteiger partial charge on any atom is 0.232 e. The van der Waals surface area contributed by atoms with E-state index < -0.39 is 0 Å². The Kier molecular flexibility index (Phi) is 3.25. The first-order valence-corrected chi connectivity index (χ1v) is 5.65. The molecule has 86 valence electrons. The lowest BCUT2D eigenvalue weighted by Crippen LogP contribution is -2.38. The molecule has 3 heteroatoms. The highest BCUT2D eigenvalue weighted by molar-refractivity contribution is 5.93. The molecule has 0 bridgehead atoms. The summed E-state index contributed by atoms with van der Waals surface area (Å²) in [7, 11) is 0. The lowest BCUT2D eigenvalue weighted by atomic mass is 10.0. The van der Waals surface area contributed by atoms with Crippen LogP contribution in [0, 0.1) is 5.92 Å². The Balaban J connectivity index is 2.03. The van der Waals surface area contributed by atoms with Crippen LogP contribution in [0.15, 0.2) is 24.3 Å². The Bertz CT molecular complexity index is 383. The average molecular weight is 219 g/mol. The number of hydrogen-bond acceptors (Lipinski definition) is 2. The summed E-state index contributed by atoms with van der Waals surface area (Å²) >= 11 is 0. The van der Waals surface area contributed by atoms with E-state index in [2.05, 4.69) is 25.2 Å². The molecule has 1 saturated heterocycles. The van der Waals surface area contributed by atoms with Crippen LogP contribution in [0.4, 0.5) is 5.69 Å². The van der Waals surface area contributed by atoms with Gasteiger partial charge in [0.05, 0.1) is 19.1 Å². The van der Waals surface area contributed by atoms with Crippen molar-refractivity contribution >= 4 is 11.6 Å². The monoisotopic (exact) mass is 219 g/mol. The molecule has 1 heterocycles. The van der Waals surface area contributed by atoms with E-state index in [-0.39, 0.29) is 11.8 Å². The fourth-order valence-corrected chi connectivity index (χ4v) is 1.61. The molecule has 1 aromatic rings. The highest BCUT2D eigenvalue weighted by Crippen LogP contribution is 2.20. The molecular formula is C13H17NO2. The Morgan fingerprint density at radius 3 is 2.75 bits per heavy atom. The zero-order valence-corrected chi connectivity index (χ0v) is 9.69. The molecule has 0 aliphatic carbocycles. The number of anilines is 1. The molecule has 1 aliphatic heterocycles. The van der Waals surface area contributed by atoms with Crippen LogP contribution in [0.1, 0.15) is 25.3 Å². The van der Waals surface area contributed by atoms with Gasteiger partial charge in [0.15, 0.2) is 0 Å². The van der Waals surface area contributed by atoms with E-state index in [1.165, 1.54) is 5.56 Å². The molecule has 0 aromatic heterocycles. The Hall–Kier alpha value is -1.35. The van der Waals surface area contributed by atoms with E-state index in [4.69, 9.17) is 4.74 Å². The van der Waals surface area contributed by atoms with Crippen molar-refractivity contribution in [2.45, 2.75) is 19.8 Å². The largest absolute Gasteiger partial charge is 0.380 e. The standard InChI is InChI=1S/C13H17NO2/c1-9(2)10-4-3-5-12(6-10)14-13(15)11-7-16-8-11/h3-6,9,11H,7-8H2,1-2H3,(H,14,15). The minimum atomic E-state index is 0.0303. The molecule has 0 saturated carbocycles. The second-order valence-corrected chi connectivity index (χ2v) is 4.50. The molecule has 1 aliphatic rings. The first-order valence-electron chi connectivity index (χ1n) is 5.65. The van der Waals surface area contributed by atoms with Gasteiger partial charge in [-0.2, -0.15) is 0 Å². The topological polar surface area (TPSA) is 38.3 Å². The van der Waals surface area contributed by atoms with Crippen molar-refractivity contribution in [2.75, 3.05) is 18.5 Å². The van der Waals surface area contributed by atoms with Crippen LogP contribution < -0.4 is 5.32 Å². The van der Waals surface area contributed by atoms with Crippen LogP contribution in [0.3, 0.4) is 0 Å². The number of carbonyl (C=O) groups excluding carboxylic acids is 1. The van der Waals surface area contributed by atoms with Gasteiger partial charge in [0.25, 0.3) is 0 Å². The second-order valence-electron chi connectivity index (χ2n) is 4.50. The zero-order chi connectivity index (χ0) is 11.5. The van der Waals surface area contributed by atoms with Gasteiger partial charge < -0.3 is 10.1 Å². The van der Waals surface area contributed by atoms with Gasteiger partial charge in [-0.05, 0) is 23.6 Å². The summed E-state index contributed by atoms with van der Waals surface area (Å²) in [6.07, 6.45) is 0. The molecule has 0 unspecified atom stereocenters. The number of benzene rings is 1. The van der Waals surface area contributed by atoms with Crippen LogP contribution in [0.25, 0.3) is 0 Å². The maximum absolute atomic E-state index is 11.7. The Morgan fingerprint density at radius 2 is 2.19 bits per heavy atom. The first kappa shape index (κ1) is 11.1. The third kappa shape index (κ3) is 2.42. The van der Waals surface area contributed by atoms with E-state index in [9.17, 15) is 4.79 Å². The number of ether oxygens (including phenoxy) is 1. The van der Waals surface area contributed by atoms with E-state index in [0.29, 0.717) is 19.1 Å². The van der Waals surface area contributed by atoms with E-state index in [0.717, 1.165) is 5.69 Å². The summed E-state index contributed by atoms with van der Waals surface area (Å²) in [5, 5.41) is 2.92. The summed E-state index contributed by atoms with van der Waals surface area (Å²) in [4.78, 5) is 11.7. The van der Waals surface area contributed by atoms with Gasteiger partial charge >= 0.3 is 0 Å². The van der Waals surface area contributed by atoms with Crippen LogP contribution in [0.2, 0.25) is 0 Å². The van der Waals surface area contributed by atoms with Crippen LogP contribution >= 0.6 is 0 Å². The number of amides is 1. The van der Waals surface area contributed by atoms with Gasteiger partial charge in [-0.3, -0.25) is 4.79 Å². The van der Waals surface area contributed by atoms with E-state index in [1.807, 2.05) is 18.2 Å². The molecule has 0 radical (unpaired) electrons. The third-order valence-electron chi connectivity index (χ3n) is 2.83. The summed E-state index contributed by atoms with van der Waals surface area (Å²) in [6, 6.07) is 8.00. The quantitative estimate of drug-likeness (QED) is 0.847. The summed E-state index contributed by atoms with van der Waals surface area (Å²) in [6.45, 7) is 5.38. The Morgan fingerprint density at radius 1 is 1.44 bits per heavy atom. The van der Waals surface area contributed by atoms with Gasteiger partial charge in [-0.1, -0.05) is 26.0 Å². The molecule has 1 N–H and O–H groups in total. The van der Waals surface area contributed by atoms with Gasteiger partial charge in [0.1, 0.15) is 0 Å². The lowest BCUT2D eigenvalue weighted by Gasteiger charge is -2.24. The summed E-state index contributed by atoms with van der Waals surface area (Å²) in [5.74, 6) is 0.568. The van der Waals surface area contributed by atoms with E-state index >= 15 is 0 Å². The first-order chi connectivity index (χ1) is 7.66. The SMILES string of the molecule is CC(C)c1cccc(NC(=O)C2COC2)c1. The predicted molar refractivity (Wildman–Crippen MR) is 63.5 cm³/mol. The van der Waals surface area contributed by atoms with Crippen LogP contribution in [-0.2, 0) is 9.53 Å². The van der Waals surface area contributed by atoms with Gasteiger partial charge in [0, 0.05) is 5.69 Å². The van der Waals surface area contributed by atoms with Crippen molar-refractivity contribution in [3.8, 4) is 0 Å². The molecule has 2 rings (SSSR count). The van der Waals surface area contributed by atoms with Crippen LogP contribution in [0.5, 0.6) is 0 Å². The average Bonchev–Trinajstić information content (AvgIpc) is 2.15. The second kappa shape index (κ2) is 4.66. The lowest BCUT2D eigenvalue weighted by molar-refractivity contribution is -0.133. The van der Waals surface area contributed by atoms with E-state index in [1.54, 1.807) is 0 Å². The normalized spacial score (nSPS) is 15.9. The minimum Gasteiger partial charge on any atom is -0.380 e. The minimum absolute atomic E-state index is 0.0303. The van der Waals surface area contributed by atoms with Crippen molar-refractivity contribution in [3.05, 3.63) is 29.8 Å². The van der Waals surface area contributed by atoms with Gasteiger partial charge in [0.2, 0.25) is 5.91 Å². The van der Waals surface area contributed by atoms with Crippen LogP contribution in [-0.4, -0.2) is 19.1 Å². The van der Waals surface area contributed by atoms with Crippen molar-refractivity contribution in [1.29, 1.82) is 0 Å². The third-order valence-corrected chi connectivity index (χ3v) is 2.83. The molecule has 1 amide bonds. The summed E-state index contributed by atoms with van der Waals surface area (Å²) in [5.41, 5.74) is 2.12. The fraction of sp³-hybridized carbons (Fsp3) is 0.462. The molecule has 16 heavy (non-hydrogen) atoms. The number of hydrogen-bond donors (Lipinski definition) is 1. The smallest absolute Gasteiger partial charge is 0.232 e. The number of nitrogens with one attached hydrogen (secondary N) is 1. The maximum atomic E-state index is 11.7. The fourth-order valence-electron chi connectivity index (χ4n) is 1.61. The van der Waals surface area contributed by atoms with Crippen molar-refractivity contribution in [3.63, 3.8) is 0 Å². The summed E-state index contributed by atoms with van der Waals surface area (Å²) < 4.78 is 4.99. The number of carbonyl (C=O) groups is 1. The number of rotatable bonds is 3. The molecule has 1 fully saturated rings. The molecule has 0 spiro atoms. The zero-order valence-electron chi connectivity index (χ0n) is 9.69. The molecule has 1 aromatic carbocycles. The highest BCUT2D eigenvalue weighted by atomic mass is 16.5. The molecule has 0 atom stereocenters. The van der Waals surface area contributed by atoms with Crippen molar-refractivity contribution < 1.29 is 9.53 Å². The molecular weight excluding hydrogens is 202 g/mol. The predicted octanol–water partition coefficient (Wildman–Crippen LogP) is 2.39. The van der Waals surface area contributed by atoms with Gasteiger partial charge in [-0.25, -0.2) is 0 Å².